The van der Waals surface area contributed by atoms with Crippen LogP contribution in [-0.4, -0.2) is 34.2 Å². The standard InChI is InChI=1S/C23H21F3N2O4/c24-14-8-11(9-15(25)20(14)26)21(30)18(29)10-23(27,22(31)32)19-12-4-1-2-6-16(12)28-17-7-3-5-13(17)19/h1-2,4,6,8-9,13,17,19,28H,3,5,7,10,27H2,(H,31,32)/t13-,17+,19?,23?/m0/s1. The van der Waals surface area contributed by atoms with Gasteiger partial charge < -0.3 is 16.2 Å². The van der Waals surface area contributed by atoms with Gasteiger partial charge in [-0.3, -0.25) is 14.4 Å². The number of benzene rings is 2. The summed E-state index contributed by atoms with van der Waals surface area (Å²) < 4.78 is 40.3. The fourth-order valence-corrected chi connectivity index (χ4v) is 5.07. The van der Waals surface area contributed by atoms with Crippen LogP contribution in [0.4, 0.5) is 18.9 Å². The number of para-hydroxylation sites is 1. The first-order valence-corrected chi connectivity index (χ1v) is 10.2. The summed E-state index contributed by atoms with van der Waals surface area (Å²) in [7, 11) is 0. The molecule has 1 saturated carbocycles. The number of carbonyl (C=O) groups excluding carboxylic acids is 2. The topological polar surface area (TPSA) is 109 Å². The first-order valence-electron chi connectivity index (χ1n) is 10.2. The third-order valence-electron chi connectivity index (χ3n) is 6.54. The second-order valence-electron chi connectivity index (χ2n) is 8.44. The lowest BCUT2D eigenvalue weighted by atomic mass is 9.66. The van der Waals surface area contributed by atoms with Gasteiger partial charge in [0.1, 0.15) is 5.54 Å². The second-order valence-corrected chi connectivity index (χ2v) is 8.44. The van der Waals surface area contributed by atoms with Crippen LogP contribution in [0.1, 0.15) is 47.5 Å². The molecule has 6 nitrogen and oxygen atoms in total. The van der Waals surface area contributed by atoms with E-state index in [0.29, 0.717) is 24.1 Å². The van der Waals surface area contributed by atoms with Crippen LogP contribution in [0.2, 0.25) is 0 Å². The average molecular weight is 446 g/mol. The van der Waals surface area contributed by atoms with Gasteiger partial charge in [-0.1, -0.05) is 24.6 Å². The van der Waals surface area contributed by atoms with Gasteiger partial charge in [0.05, 0.1) is 0 Å². The number of carbonyl (C=O) groups is 3. The van der Waals surface area contributed by atoms with Crippen LogP contribution in [0.15, 0.2) is 36.4 Å². The maximum Gasteiger partial charge on any atom is 0.324 e. The van der Waals surface area contributed by atoms with E-state index in [4.69, 9.17) is 5.73 Å². The van der Waals surface area contributed by atoms with Gasteiger partial charge in [0.2, 0.25) is 11.6 Å². The van der Waals surface area contributed by atoms with E-state index in [9.17, 15) is 32.7 Å². The van der Waals surface area contributed by atoms with Crippen molar-refractivity contribution in [1.82, 2.24) is 0 Å². The van der Waals surface area contributed by atoms with E-state index in [1.54, 1.807) is 24.3 Å². The summed E-state index contributed by atoms with van der Waals surface area (Å²) in [6.45, 7) is 0. The molecule has 4 N–H and O–H groups in total. The van der Waals surface area contributed by atoms with E-state index in [2.05, 4.69) is 5.32 Å². The molecule has 9 heteroatoms. The Morgan fingerprint density at radius 1 is 1.09 bits per heavy atom. The number of aliphatic carboxylic acids is 1. The Kier molecular flexibility index (Phi) is 5.54. The highest BCUT2D eigenvalue weighted by molar-refractivity contribution is 6.44. The van der Waals surface area contributed by atoms with E-state index < -0.39 is 58.4 Å². The highest BCUT2D eigenvalue weighted by Crippen LogP contribution is 2.50. The van der Waals surface area contributed by atoms with Crippen LogP contribution in [0.25, 0.3) is 0 Å². The van der Waals surface area contributed by atoms with E-state index in [0.717, 1.165) is 18.5 Å². The molecule has 1 aliphatic heterocycles. The lowest BCUT2D eigenvalue weighted by molar-refractivity contribution is -0.146. The molecular weight excluding hydrogens is 425 g/mol. The molecule has 2 aromatic carbocycles. The van der Waals surface area contributed by atoms with Crippen LogP contribution < -0.4 is 11.1 Å². The molecule has 0 amide bonds. The van der Waals surface area contributed by atoms with Crippen molar-refractivity contribution < 1.29 is 32.7 Å². The molecule has 4 atom stereocenters. The molecule has 32 heavy (non-hydrogen) atoms. The number of ketones is 2. The molecule has 168 valence electrons. The van der Waals surface area contributed by atoms with Gasteiger partial charge in [-0.15, -0.1) is 0 Å². The molecule has 1 fully saturated rings. The first kappa shape index (κ1) is 22.0. The highest BCUT2D eigenvalue weighted by atomic mass is 19.2. The minimum Gasteiger partial charge on any atom is -0.480 e. The fraction of sp³-hybridized carbons (Fsp3) is 0.348. The minimum atomic E-state index is -2.13. The molecule has 0 aromatic heterocycles. The van der Waals surface area contributed by atoms with Gasteiger partial charge in [-0.25, -0.2) is 13.2 Å². The zero-order valence-corrected chi connectivity index (χ0v) is 16.9. The molecule has 2 unspecified atom stereocenters. The van der Waals surface area contributed by atoms with Crippen LogP contribution in [0.3, 0.4) is 0 Å². The quantitative estimate of drug-likeness (QED) is 0.357. The molecule has 1 heterocycles. The SMILES string of the molecule is NC(CC(=O)C(=O)c1cc(F)c(F)c(F)c1)(C(=O)O)C1c2ccccc2N[C@@H]2CCC[C@H]12. The van der Waals surface area contributed by atoms with Crippen molar-refractivity contribution in [1.29, 1.82) is 0 Å². The Morgan fingerprint density at radius 3 is 2.41 bits per heavy atom. The summed E-state index contributed by atoms with van der Waals surface area (Å²) in [6, 6.07) is 7.86. The summed E-state index contributed by atoms with van der Waals surface area (Å²) in [5.74, 6) is -9.96. The van der Waals surface area contributed by atoms with Crippen LogP contribution in [0, 0.1) is 23.4 Å². The van der Waals surface area contributed by atoms with E-state index in [-0.39, 0.29) is 12.0 Å². The highest BCUT2D eigenvalue weighted by Gasteiger charge is 2.53. The van der Waals surface area contributed by atoms with Gasteiger partial charge >= 0.3 is 5.97 Å². The van der Waals surface area contributed by atoms with Crippen molar-refractivity contribution in [2.75, 3.05) is 5.32 Å². The Balaban J connectivity index is 1.71. The molecule has 2 aliphatic rings. The van der Waals surface area contributed by atoms with Crippen molar-refractivity contribution in [3.05, 3.63) is 65.0 Å². The Labute approximate surface area is 181 Å². The van der Waals surface area contributed by atoms with Crippen molar-refractivity contribution in [2.24, 2.45) is 11.7 Å². The lowest BCUT2D eigenvalue weighted by Crippen LogP contribution is -2.59. The zero-order chi connectivity index (χ0) is 23.2. The van der Waals surface area contributed by atoms with Gasteiger partial charge in [0.25, 0.3) is 0 Å². The number of anilines is 1. The van der Waals surface area contributed by atoms with Crippen LogP contribution >= 0.6 is 0 Å². The van der Waals surface area contributed by atoms with Crippen molar-refractivity contribution in [3.8, 4) is 0 Å². The lowest BCUT2D eigenvalue weighted by Gasteiger charge is -2.44. The number of nitrogens with one attached hydrogen (secondary N) is 1. The third kappa shape index (κ3) is 3.56. The molecule has 1 aliphatic carbocycles. The number of hydrogen-bond acceptors (Lipinski definition) is 5. The molecule has 2 aromatic rings. The third-order valence-corrected chi connectivity index (χ3v) is 6.54. The number of carboxylic acid groups (broad SMARTS) is 1. The van der Waals surface area contributed by atoms with Gasteiger partial charge in [-0.05, 0) is 42.5 Å². The maximum atomic E-state index is 13.5. The number of Topliss-reactive ketones (excluding diaryl/α,β-unsaturated/α-hetero) is 2. The monoisotopic (exact) mass is 446 g/mol. The Bertz CT molecular complexity index is 1100. The minimum absolute atomic E-state index is 0.0248. The van der Waals surface area contributed by atoms with Crippen molar-refractivity contribution in [3.63, 3.8) is 0 Å². The zero-order valence-electron chi connectivity index (χ0n) is 16.9. The van der Waals surface area contributed by atoms with Gasteiger partial charge in [0, 0.05) is 29.6 Å². The maximum absolute atomic E-state index is 13.5. The van der Waals surface area contributed by atoms with Crippen LogP contribution in [0.5, 0.6) is 0 Å². The molecular formula is C23H21F3N2O4. The number of fused-ring (bicyclic) bond motifs is 2. The summed E-state index contributed by atoms with van der Waals surface area (Å²) >= 11 is 0. The van der Waals surface area contributed by atoms with Gasteiger partial charge in [0.15, 0.2) is 17.5 Å². The summed E-state index contributed by atoms with van der Waals surface area (Å²) in [4.78, 5) is 37.7. The fourth-order valence-electron chi connectivity index (χ4n) is 5.07. The van der Waals surface area contributed by atoms with Gasteiger partial charge in [-0.2, -0.15) is 0 Å². The summed E-state index contributed by atoms with van der Waals surface area (Å²) in [5, 5.41) is 13.5. The number of halogens is 3. The number of nitrogens with two attached hydrogens (primary N) is 1. The predicted molar refractivity (Wildman–Crippen MR) is 109 cm³/mol. The smallest absolute Gasteiger partial charge is 0.324 e. The molecule has 0 spiro atoms. The largest absolute Gasteiger partial charge is 0.480 e. The Hall–Kier alpha value is -3.20. The Morgan fingerprint density at radius 2 is 1.75 bits per heavy atom. The molecule has 4 rings (SSSR count). The van der Waals surface area contributed by atoms with Crippen molar-refractivity contribution in [2.45, 2.75) is 43.2 Å². The van der Waals surface area contributed by atoms with E-state index >= 15 is 0 Å². The predicted octanol–water partition coefficient (Wildman–Crippen LogP) is 3.41. The van der Waals surface area contributed by atoms with Crippen LogP contribution in [-0.2, 0) is 9.59 Å². The molecule has 0 saturated heterocycles. The van der Waals surface area contributed by atoms with E-state index in [1.165, 1.54) is 0 Å². The first-order chi connectivity index (χ1) is 15.1. The second kappa shape index (κ2) is 8.05. The number of carboxylic acids is 1. The molecule has 0 bridgehead atoms. The molecule has 0 radical (unpaired) electrons. The summed E-state index contributed by atoms with van der Waals surface area (Å²) in [5.41, 5.74) is 4.90. The van der Waals surface area contributed by atoms with Crippen molar-refractivity contribution >= 4 is 23.2 Å². The van der Waals surface area contributed by atoms with E-state index in [1.807, 2.05) is 0 Å². The number of hydrogen-bond donors (Lipinski definition) is 3. The normalized spacial score (nSPS) is 23.4. The summed E-state index contributed by atoms with van der Waals surface area (Å²) in [6.07, 6.45) is 1.49. The average Bonchev–Trinajstić information content (AvgIpc) is 3.22. The number of rotatable bonds is 6.